The average molecular weight is 292 g/mol. The van der Waals surface area contributed by atoms with Crippen LogP contribution in [0.3, 0.4) is 0 Å². The maximum absolute atomic E-state index is 13.2. The Morgan fingerprint density at radius 1 is 0.955 bits per heavy atom. The van der Waals surface area contributed by atoms with Gasteiger partial charge in [-0.1, -0.05) is 36.4 Å². The van der Waals surface area contributed by atoms with Crippen molar-refractivity contribution >= 4 is 16.6 Å². The van der Waals surface area contributed by atoms with Gasteiger partial charge in [-0.15, -0.1) is 0 Å². The zero-order chi connectivity index (χ0) is 15.1. The highest BCUT2D eigenvalue weighted by Gasteiger charge is 2.23. The fourth-order valence-electron chi connectivity index (χ4n) is 3.06. The van der Waals surface area contributed by atoms with Gasteiger partial charge in [-0.25, -0.2) is 4.39 Å². The third-order valence-corrected chi connectivity index (χ3v) is 4.07. The molecule has 0 spiro atoms. The van der Waals surface area contributed by atoms with E-state index in [4.69, 9.17) is 4.74 Å². The Labute approximate surface area is 127 Å². The van der Waals surface area contributed by atoms with Crippen molar-refractivity contribution in [3.63, 3.8) is 0 Å². The summed E-state index contributed by atoms with van der Waals surface area (Å²) in [6.07, 6.45) is 0. The van der Waals surface area contributed by atoms with Crippen LogP contribution < -0.4 is 0 Å². The van der Waals surface area contributed by atoms with Gasteiger partial charge >= 0.3 is 0 Å². The second kappa shape index (κ2) is 5.04. The average Bonchev–Trinajstić information content (AvgIpc) is 2.55. The zero-order valence-electron chi connectivity index (χ0n) is 11.8. The molecule has 3 aromatic carbocycles. The van der Waals surface area contributed by atoms with E-state index < -0.39 is 0 Å². The predicted octanol–water partition coefficient (Wildman–Crippen LogP) is 4.36. The lowest BCUT2D eigenvalue weighted by atomic mass is 9.88. The van der Waals surface area contributed by atoms with E-state index in [0.717, 1.165) is 27.5 Å². The maximum Gasteiger partial charge on any atom is 0.188 e. The minimum absolute atomic E-state index is 0.00429. The molecule has 0 saturated heterocycles. The number of Topliss-reactive ketones (excluding diaryl/α,β-unsaturated/α-hetero) is 1. The first kappa shape index (κ1) is 13.2. The summed E-state index contributed by atoms with van der Waals surface area (Å²) in [7, 11) is 0. The van der Waals surface area contributed by atoms with Gasteiger partial charge in [-0.3, -0.25) is 4.79 Å². The number of carbonyl (C=O) groups excluding carboxylic acids is 1. The first-order valence-corrected chi connectivity index (χ1v) is 7.15. The number of benzene rings is 3. The number of hydrogen-bond donors (Lipinski definition) is 0. The van der Waals surface area contributed by atoms with E-state index in [-0.39, 0.29) is 18.2 Å². The molecule has 0 saturated carbocycles. The molecule has 2 nitrogen and oxygen atoms in total. The number of ether oxygens (including phenoxy) is 1. The Kier molecular flexibility index (Phi) is 3.01. The standard InChI is InChI=1S/C19H13FO2/c20-14-7-5-12(6-8-14)19-15-4-2-1-3-13(15)9-16-17(19)10-22-11-18(16)21/h1-9H,10-11H2. The molecule has 4 rings (SSSR count). The quantitative estimate of drug-likeness (QED) is 0.666. The second-order valence-electron chi connectivity index (χ2n) is 5.42. The van der Waals surface area contributed by atoms with E-state index in [9.17, 15) is 9.18 Å². The van der Waals surface area contributed by atoms with Crippen molar-refractivity contribution in [1.29, 1.82) is 0 Å². The Balaban J connectivity index is 2.10. The normalized spacial score (nSPS) is 14.1. The zero-order valence-corrected chi connectivity index (χ0v) is 11.8. The van der Waals surface area contributed by atoms with Crippen molar-refractivity contribution < 1.29 is 13.9 Å². The largest absolute Gasteiger partial charge is 0.369 e. The molecule has 1 heterocycles. The summed E-state index contributed by atoms with van der Waals surface area (Å²) in [6, 6.07) is 16.2. The summed E-state index contributed by atoms with van der Waals surface area (Å²) in [4.78, 5) is 12.2. The van der Waals surface area contributed by atoms with E-state index in [0.29, 0.717) is 12.2 Å². The molecular formula is C19H13FO2. The third-order valence-electron chi connectivity index (χ3n) is 4.07. The second-order valence-corrected chi connectivity index (χ2v) is 5.42. The van der Waals surface area contributed by atoms with Crippen LogP contribution in [0, 0.1) is 5.82 Å². The molecule has 3 heteroatoms. The highest BCUT2D eigenvalue weighted by Crippen LogP contribution is 2.36. The maximum atomic E-state index is 13.2. The van der Waals surface area contributed by atoms with Gasteiger partial charge in [0.25, 0.3) is 0 Å². The van der Waals surface area contributed by atoms with Crippen LogP contribution in [0.2, 0.25) is 0 Å². The number of halogens is 1. The summed E-state index contributed by atoms with van der Waals surface area (Å²) in [6.45, 7) is 0.521. The molecule has 0 fully saturated rings. The van der Waals surface area contributed by atoms with Gasteiger partial charge in [0, 0.05) is 5.56 Å². The number of carbonyl (C=O) groups is 1. The number of ketones is 1. The van der Waals surface area contributed by atoms with Crippen LogP contribution >= 0.6 is 0 Å². The van der Waals surface area contributed by atoms with Crippen molar-refractivity contribution in [3.05, 3.63) is 71.5 Å². The lowest BCUT2D eigenvalue weighted by Crippen LogP contribution is -2.19. The number of fused-ring (bicyclic) bond motifs is 2. The molecule has 0 aromatic heterocycles. The van der Waals surface area contributed by atoms with Crippen LogP contribution in [0.25, 0.3) is 21.9 Å². The SMILES string of the molecule is O=C1COCc2c1cc1ccccc1c2-c1ccc(F)cc1. The molecule has 0 amide bonds. The van der Waals surface area contributed by atoms with Gasteiger partial charge in [0.2, 0.25) is 0 Å². The van der Waals surface area contributed by atoms with Crippen LogP contribution in [0.15, 0.2) is 54.6 Å². The van der Waals surface area contributed by atoms with E-state index in [2.05, 4.69) is 0 Å². The molecule has 0 unspecified atom stereocenters. The Morgan fingerprint density at radius 3 is 2.55 bits per heavy atom. The highest BCUT2D eigenvalue weighted by atomic mass is 19.1. The first-order chi connectivity index (χ1) is 10.7. The molecule has 1 aliphatic heterocycles. The summed E-state index contributed by atoms with van der Waals surface area (Å²) in [5, 5.41) is 2.06. The molecule has 22 heavy (non-hydrogen) atoms. The minimum Gasteiger partial charge on any atom is -0.369 e. The minimum atomic E-state index is -0.273. The Hall–Kier alpha value is -2.52. The fourth-order valence-corrected chi connectivity index (χ4v) is 3.06. The predicted molar refractivity (Wildman–Crippen MR) is 83.3 cm³/mol. The van der Waals surface area contributed by atoms with Crippen molar-refractivity contribution in [2.75, 3.05) is 6.61 Å². The Morgan fingerprint density at radius 2 is 1.73 bits per heavy atom. The van der Waals surface area contributed by atoms with Crippen molar-refractivity contribution in [3.8, 4) is 11.1 Å². The van der Waals surface area contributed by atoms with Crippen molar-refractivity contribution in [1.82, 2.24) is 0 Å². The molecule has 0 aliphatic carbocycles. The smallest absolute Gasteiger partial charge is 0.188 e. The molecule has 108 valence electrons. The van der Waals surface area contributed by atoms with Gasteiger partial charge < -0.3 is 4.74 Å². The van der Waals surface area contributed by atoms with Gasteiger partial charge in [0.1, 0.15) is 12.4 Å². The molecular weight excluding hydrogens is 279 g/mol. The topological polar surface area (TPSA) is 26.3 Å². The summed E-state index contributed by atoms with van der Waals surface area (Å²) in [5.74, 6) is -0.277. The first-order valence-electron chi connectivity index (χ1n) is 7.15. The van der Waals surface area contributed by atoms with Crippen LogP contribution in [-0.2, 0) is 11.3 Å². The molecule has 0 bridgehead atoms. The van der Waals surface area contributed by atoms with E-state index in [1.165, 1.54) is 12.1 Å². The van der Waals surface area contributed by atoms with Gasteiger partial charge in [-0.05, 0) is 45.7 Å². The molecule has 0 radical (unpaired) electrons. The highest BCUT2D eigenvalue weighted by molar-refractivity contribution is 6.08. The number of rotatable bonds is 1. The van der Waals surface area contributed by atoms with Crippen LogP contribution in [-0.4, -0.2) is 12.4 Å². The summed E-state index contributed by atoms with van der Waals surface area (Å²) < 4.78 is 18.7. The fraction of sp³-hybridized carbons (Fsp3) is 0.105. The number of hydrogen-bond acceptors (Lipinski definition) is 2. The van der Waals surface area contributed by atoms with Crippen LogP contribution in [0.1, 0.15) is 15.9 Å². The van der Waals surface area contributed by atoms with Crippen molar-refractivity contribution in [2.24, 2.45) is 0 Å². The van der Waals surface area contributed by atoms with E-state index >= 15 is 0 Å². The van der Waals surface area contributed by atoms with Crippen molar-refractivity contribution in [2.45, 2.75) is 6.61 Å². The van der Waals surface area contributed by atoms with E-state index in [1.54, 1.807) is 12.1 Å². The van der Waals surface area contributed by atoms with Gasteiger partial charge in [0.05, 0.1) is 6.61 Å². The summed E-state index contributed by atoms with van der Waals surface area (Å²) >= 11 is 0. The lowest BCUT2D eigenvalue weighted by Gasteiger charge is -2.21. The molecule has 0 atom stereocenters. The monoisotopic (exact) mass is 292 g/mol. The third kappa shape index (κ3) is 2.02. The van der Waals surface area contributed by atoms with Gasteiger partial charge in [0.15, 0.2) is 5.78 Å². The van der Waals surface area contributed by atoms with Crippen LogP contribution in [0.4, 0.5) is 4.39 Å². The molecule has 1 aliphatic rings. The van der Waals surface area contributed by atoms with Gasteiger partial charge in [-0.2, -0.15) is 0 Å². The Bertz CT molecular complexity index is 882. The lowest BCUT2D eigenvalue weighted by molar-refractivity contribution is 0.0667. The molecule has 3 aromatic rings. The van der Waals surface area contributed by atoms with Crippen LogP contribution in [0.5, 0.6) is 0 Å². The van der Waals surface area contributed by atoms with E-state index in [1.807, 2.05) is 30.3 Å². The molecule has 0 N–H and O–H groups in total. The summed E-state index contributed by atoms with van der Waals surface area (Å²) in [5.41, 5.74) is 3.46.